The van der Waals surface area contributed by atoms with Gasteiger partial charge in [0.15, 0.2) is 0 Å². The number of alkyl halides is 2. The molecule has 1 heterocycles. The summed E-state index contributed by atoms with van der Waals surface area (Å²) >= 11 is 0. The Morgan fingerprint density at radius 3 is 2.86 bits per heavy atom. The van der Waals surface area contributed by atoms with E-state index in [9.17, 15) is 13.6 Å². The summed E-state index contributed by atoms with van der Waals surface area (Å²) in [5.41, 5.74) is 0.290. The maximum absolute atomic E-state index is 12.0. The van der Waals surface area contributed by atoms with Crippen LogP contribution in [0.1, 0.15) is 18.5 Å². The lowest BCUT2D eigenvalue weighted by atomic mass is 10.1. The van der Waals surface area contributed by atoms with E-state index in [2.05, 4.69) is 5.10 Å². The molecule has 1 rings (SSSR count). The van der Waals surface area contributed by atoms with Crippen molar-refractivity contribution in [1.82, 2.24) is 9.78 Å². The number of aromatic nitrogens is 2. The summed E-state index contributed by atoms with van der Waals surface area (Å²) in [6.07, 6.45) is -1.22. The molecule has 6 heteroatoms. The van der Waals surface area contributed by atoms with Crippen molar-refractivity contribution in [1.29, 1.82) is 0 Å². The SMILES string of the molecule is CC(C(=O)O)c1ccnn1CC(F)F. The number of aliphatic carboxylic acids is 1. The van der Waals surface area contributed by atoms with Crippen LogP contribution < -0.4 is 0 Å². The van der Waals surface area contributed by atoms with E-state index in [-0.39, 0.29) is 5.69 Å². The quantitative estimate of drug-likeness (QED) is 0.805. The van der Waals surface area contributed by atoms with E-state index in [0.29, 0.717) is 0 Å². The van der Waals surface area contributed by atoms with Crippen molar-refractivity contribution in [3.8, 4) is 0 Å². The van der Waals surface area contributed by atoms with Crippen molar-refractivity contribution in [2.45, 2.75) is 25.8 Å². The Bertz CT molecular complexity index is 325. The lowest BCUT2D eigenvalue weighted by Gasteiger charge is -2.09. The maximum Gasteiger partial charge on any atom is 0.312 e. The molecule has 0 saturated carbocycles. The molecular weight excluding hydrogens is 194 g/mol. The molecule has 0 fully saturated rings. The third-order valence-corrected chi connectivity index (χ3v) is 1.87. The van der Waals surface area contributed by atoms with Crippen molar-refractivity contribution in [2.24, 2.45) is 0 Å². The van der Waals surface area contributed by atoms with Crippen molar-refractivity contribution in [2.75, 3.05) is 0 Å². The number of carboxylic acid groups (broad SMARTS) is 1. The Hall–Kier alpha value is -1.46. The zero-order valence-electron chi connectivity index (χ0n) is 7.52. The van der Waals surface area contributed by atoms with Gasteiger partial charge in [0.1, 0.15) is 6.54 Å². The van der Waals surface area contributed by atoms with Gasteiger partial charge in [-0.25, -0.2) is 8.78 Å². The summed E-state index contributed by atoms with van der Waals surface area (Å²) in [5.74, 6) is -1.88. The highest BCUT2D eigenvalue weighted by molar-refractivity contribution is 5.74. The minimum atomic E-state index is -2.53. The molecular formula is C8H10F2N2O2. The number of rotatable bonds is 4. The van der Waals surface area contributed by atoms with Crippen LogP contribution in [0.25, 0.3) is 0 Å². The van der Waals surface area contributed by atoms with Gasteiger partial charge in [0.25, 0.3) is 6.43 Å². The van der Waals surface area contributed by atoms with Crippen LogP contribution in [0.15, 0.2) is 12.3 Å². The Morgan fingerprint density at radius 2 is 2.36 bits per heavy atom. The molecule has 0 spiro atoms. The monoisotopic (exact) mass is 204 g/mol. The third-order valence-electron chi connectivity index (χ3n) is 1.87. The van der Waals surface area contributed by atoms with E-state index in [0.717, 1.165) is 4.68 Å². The smallest absolute Gasteiger partial charge is 0.312 e. The average Bonchev–Trinajstić information content (AvgIpc) is 2.49. The number of hydrogen-bond acceptors (Lipinski definition) is 2. The fourth-order valence-corrected chi connectivity index (χ4v) is 1.12. The van der Waals surface area contributed by atoms with Gasteiger partial charge in [0, 0.05) is 6.20 Å². The second-order valence-electron chi connectivity index (χ2n) is 2.89. The lowest BCUT2D eigenvalue weighted by Crippen LogP contribution is -2.17. The van der Waals surface area contributed by atoms with Gasteiger partial charge in [-0.05, 0) is 13.0 Å². The maximum atomic E-state index is 12.0. The van der Waals surface area contributed by atoms with Crippen LogP contribution in [0.5, 0.6) is 0 Å². The topological polar surface area (TPSA) is 55.1 Å². The van der Waals surface area contributed by atoms with Gasteiger partial charge in [0.05, 0.1) is 11.6 Å². The Morgan fingerprint density at radius 1 is 1.71 bits per heavy atom. The van der Waals surface area contributed by atoms with Crippen LogP contribution in [-0.4, -0.2) is 27.3 Å². The first-order chi connectivity index (χ1) is 6.52. The molecule has 0 aliphatic rings. The molecule has 0 bridgehead atoms. The van der Waals surface area contributed by atoms with Crippen LogP contribution in [0.3, 0.4) is 0 Å². The van der Waals surface area contributed by atoms with Crippen LogP contribution in [0, 0.1) is 0 Å². The van der Waals surface area contributed by atoms with Gasteiger partial charge >= 0.3 is 5.97 Å². The van der Waals surface area contributed by atoms with Gasteiger partial charge in [-0.15, -0.1) is 0 Å². The van der Waals surface area contributed by atoms with E-state index < -0.39 is 24.9 Å². The molecule has 0 aliphatic heterocycles. The van der Waals surface area contributed by atoms with E-state index in [1.54, 1.807) is 0 Å². The minimum absolute atomic E-state index is 0.290. The molecule has 1 N–H and O–H groups in total. The second kappa shape index (κ2) is 4.17. The third kappa shape index (κ3) is 2.27. The molecule has 78 valence electrons. The molecule has 1 aromatic rings. The summed E-state index contributed by atoms with van der Waals surface area (Å²) in [6.45, 7) is 0.862. The molecule has 0 amide bonds. The van der Waals surface area contributed by atoms with Crippen LogP contribution in [0.2, 0.25) is 0 Å². The number of carbonyl (C=O) groups is 1. The molecule has 0 radical (unpaired) electrons. The minimum Gasteiger partial charge on any atom is -0.481 e. The van der Waals surface area contributed by atoms with Crippen molar-refractivity contribution in [3.63, 3.8) is 0 Å². The summed E-state index contributed by atoms with van der Waals surface area (Å²) in [6, 6.07) is 1.43. The first kappa shape index (κ1) is 10.6. The normalized spacial score (nSPS) is 13.1. The van der Waals surface area contributed by atoms with Gasteiger partial charge in [-0.3, -0.25) is 9.48 Å². The predicted octanol–water partition coefficient (Wildman–Crippen LogP) is 1.34. The summed E-state index contributed by atoms with van der Waals surface area (Å²) in [4.78, 5) is 10.6. The molecule has 0 saturated heterocycles. The van der Waals surface area contributed by atoms with Crippen LogP contribution >= 0.6 is 0 Å². The van der Waals surface area contributed by atoms with Gasteiger partial charge < -0.3 is 5.11 Å². The number of nitrogens with zero attached hydrogens (tertiary/aromatic N) is 2. The molecule has 0 aliphatic carbocycles. The number of halogens is 2. The predicted molar refractivity (Wildman–Crippen MR) is 44.3 cm³/mol. The molecule has 1 atom stereocenters. The average molecular weight is 204 g/mol. The first-order valence-electron chi connectivity index (χ1n) is 4.05. The molecule has 1 unspecified atom stereocenters. The van der Waals surface area contributed by atoms with Gasteiger partial charge in [-0.2, -0.15) is 5.10 Å². The fraction of sp³-hybridized carbons (Fsp3) is 0.500. The highest BCUT2D eigenvalue weighted by Gasteiger charge is 2.19. The Labute approximate surface area is 79.2 Å². The van der Waals surface area contributed by atoms with E-state index in [1.807, 2.05) is 0 Å². The van der Waals surface area contributed by atoms with Crippen molar-refractivity contribution in [3.05, 3.63) is 18.0 Å². The van der Waals surface area contributed by atoms with E-state index >= 15 is 0 Å². The van der Waals surface area contributed by atoms with Crippen molar-refractivity contribution < 1.29 is 18.7 Å². The zero-order valence-corrected chi connectivity index (χ0v) is 7.52. The Kier molecular flexibility index (Phi) is 3.16. The van der Waals surface area contributed by atoms with Crippen LogP contribution in [-0.2, 0) is 11.3 Å². The van der Waals surface area contributed by atoms with E-state index in [4.69, 9.17) is 5.11 Å². The molecule has 1 aromatic heterocycles. The van der Waals surface area contributed by atoms with Gasteiger partial charge in [-0.1, -0.05) is 0 Å². The summed E-state index contributed by atoms with van der Waals surface area (Å²) in [5, 5.41) is 12.3. The lowest BCUT2D eigenvalue weighted by molar-refractivity contribution is -0.138. The van der Waals surface area contributed by atoms with Crippen LogP contribution in [0.4, 0.5) is 8.78 Å². The molecule has 14 heavy (non-hydrogen) atoms. The first-order valence-corrected chi connectivity index (χ1v) is 4.05. The highest BCUT2D eigenvalue weighted by atomic mass is 19.3. The zero-order chi connectivity index (χ0) is 10.7. The summed E-state index contributed by atoms with van der Waals surface area (Å²) in [7, 11) is 0. The Balaban J connectivity index is 2.86. The summed E-state index contributed by atoms with van der Waals surface area (Å²) < 4.78 is 25.1. The number of hydrogen-bond donors (Lipinski definition) is 1. The standard InChI is InChI=1S/C8H10F2N2O2/c1-5(8(13)14)6-2-3-11-12(6)4-7(9)10/h2-3,5,7H,4H2,1H3,(H,13,14). The van der Waals surface area contributed by atoms with Gasteiger partial charge in [0.2, 0.25) is 0 Å². The highest BCUT2D eigenvalue weighted by Crippen LogP contribution is 2.15. The molecule has 4 nitrogen and oxygen atoms in total. The number of carboxylic acids is 1. The fourth-order valence-electron chi connectivity index (χ4n) is 1.12. The van der Waals surface area contributed by atoms with E-state index in [1.165, 1.54) is 19.2 Å². The molecule has 0 aromatic carbocycles. The second-order valence-corrected chi connectivity index (χ2v) is 2.89. The largest absolute Gasteiger partial charge is 0.481 e. The van der Waals surface area contributed by atoms with Crippen molar-refractivity contribution >= 4 is 5.97 Å².